The van der Waals surface area contributed by atoms with Crippen LogP contribution in [0.4, 0.5) is 4.79 Å². The minimum atomic E-state index is -1.27. The van der Waals surface area contributed by atoms with Crippen LogP contribution in [0.2, 0.25) is 0 Å². The Morgan fingerprint density at radius 2 is 1.71 bits per heavy atom. The fourth-order valence-electron chi connectivity index (χ4n) is 3.76. The molecule has 8 nitrogen and oxygen atoms in total. The summed E-state index contributed by atoms with van der Waals surface area (Å²) in [5, 5.41) is 15.5. The quantitative estimate of drug-likeness (QED) is 0.403. The van der Waals surface area contributed by atoms with Crippen molar-refractivity contribution in [2.24, 2.45) is 0 Å². The van der Waals surface area contributed by atoms with Gasteiger partial charge in [0, 0.05) is 12.1 Å². The highest BCUT2D eigenvalue weighted by molar-refractivity contribution is 5.93. The van der Waals surface area contributed by atoms with Crippen molar-refractivity contribution in [3.63, 3.8) is 0 Å². The first kappa shape index (κ1) is 30.4. The third-order valence-electron chi connectivity index (χ3n) is 5.98. The predicted molar refractivity (Wildman–Crippen MR) is 138 cm³/mol. The summed E-state index contributed by atoms with van der Waals surface area (Å²) in [5.74, 6) is -0.852. The van der Waals surface area contributed by atoms with E-state index in [4.69, 9.17) is 4.74 Å². The summed E-state index contributed by atoms with van der Waals surface area (Å²) in [6.07, 6.45) is 1.47. The molecule has 0 saturated heterocycles. The lowest BCUT2D eigenvalue weighted by molar-refractivity contribution is -0.150. The average molecular weight is 492 g/mol. The van der Waals surface area contributed by atoms with Crippen molar-refractivity contribution in [2.75, 3.05) is 13.2 Å². The molecule has 0 fully saturated rings. The average Bonchev–Trinajstić information content (AvgIpc) is 2.74. The van der Waals surface area contributed by atoms with Gasteiger partial charge >= 0.3 is 6.09 Å². The number of rotatable bonds is 11. The SMILES string of the molecule is CCCCNC(=O)C(c1ccc(C)cc1C)N(C(=O)C(CO)NC(=O)OC(C)(C)C)C(C)(C)CC. The Hall–Kier alpha value is -2.61. The number of nitrogens with zero attached hydrogens (tertiary/aromatic N) is 1. The summed E-state index contributed by atoms with van der Waals surface area (Å²) in [4.78, 5) is 41.5. The van der Waals surface area contributed by atoms with E-state index >= 15 is 0 Å². The van der Waals surface area contributed by atoms with Crippen molar-refractivity contribution in [2.45, 2.75) is 105 Å². The van der Waals surface area contributed by atoms with Crippen LogP contribution in [0.3, 0.4) is 0 Å². The van der Waals surface area contributed by atoms with E-state index in [0.717, 1.165) is 24.0 Å². The van der Waals surface area contributed by atoms with E-state index in [0.29, 0.717) is 18.5 Å². The van der Waals surface area contributed by atoms with Gasteiger partial charge in [-0.2, -0.15) is 0 Å². The van der Waals surface area contributed by atoms with E-state index in [-0.39, 0.29) is 5.91 Å². The maximum absolute atomic E-state index is 13.9. The molecule has 1 aromatic carbocycles. The molecule has 35 heavy (non-hydrogen) atoms. The molecule has 2 unspecified atom stereocenters. The number of unbranched alkanes of at least 4 members (excludes halogenated alkanes) is 1. The van der Waals surface area contributed by atoms with Crippen molar-refractivity contribution in [3.8, 4) is 0 Å². The summed E-state index contributed by atoms with van der Waals surface area (Å²) < 4.78 is 5.29. The molecular weight excluding hydrogens is 446 g/mol. The number of amides is 3. The van der Waals surface area contributed by atoms with Crippen molar-refractivity contribution >= 4 is 17.9 Å². The zero-order chi connectivity index (χ0) is 27.0. The van der Waals surface area contributed by atoms with Gasteiger partial charge in [0.1, 0.15) is 17.7 Å². The van der Waals surface area contributed by atoms with Crippen molar-refractivity contribution in [1.29, 1.82) is 0 Å². The van der Waals surface area contributed by atoms with Gasteiger partial charge in [-0.05, 0) is 72.4 Å². The number of aryl methyl sites for hydroxylation is 2. The molecule has 0 radical (unpaired) electrons. The summed E-state index contributed by atoms with van der Waals surface area (Å²) >= 11 is 0. The molecule has 2 atom stereocenters. The highest BCUT2D eigenvalue weighted by atomic mass is 16.6. The van der Waals surface area contributed by atoms with E-state index in [1.807, 2.05) is 59.7 Å². The molecule has 3 N–H and O–H groups in total. The summed E-state index contributed by atoms with van der Waals surface area (Å²) in [6, 6.07) is 3.55. The van der Waals surface area contributed by atoms with Gasteiger partial charge in [-0.1, -0.05) is 44.0 Å². The van der Waals surface area contributed by atoms with Gasteiger partial charge in [-0.25, -0.2) is 4.79 Å². The van der Waals surface area contributed by atoms with E-state index in [9.17, 15) is 19.5 Å². The van der Waals surface area contributed by atoms with Gasteiger partial charge in [-0.15, -0.1) is 0 Å². The number of hydrogen-bond donors (Lipinski definition) is 3. The van der Waals surface area contributed by atoms with Gasteiger partial charge in [0.25, 0.3) is 0 Å². The lowest BCUT2D eigenvalue weighted by atomic mass is 9.90. The Kier molecular flexibility index (Phi) is 11.2. The van der Waals surface area contributed by atoms with Gasteiger partial charge in [-0.3, -0.25) is 9.59 Å². The van der Waals surface area contributed by atoms with Crippen LogP contribution in [0.5, 0.6) is 0 Å². The van der Waals surface area contributed by atoms with Crippen molar-refractivity contribution in [1.82, 2.24) is 15.5 Å². The van der Waals surface area contributed by atoms with Crippen molar-refractivity contribution < 1.29 is 24.2 Å². The molecule has 198 valence electrons. The lowest BCUT2D eigenvalue weighted by Crippen LogP contribution is -2.60. The summed E-state index contributed by atoms with van der Waals surface area (Å²) in [7, 11) is 0. The molecule has 3 amide bonds. The van der Waals surface area contributed by atoms with Crippen LogP contribution in [0.15, 0.2) is 18.2 Å². The van der Waals surface area contributed by atoms with E-state index in [2.05, 4.69) is 10.6 Å². The first-order chi connectivity index (χ1) is 16.2. The first-order valence-corrected chi connectivity index (χ1v) is 12.5. The molecule has 8 heteroatoms. The third-order valence-corrected chi connectivity index (χ3v) is 5.98. The number of carbonyl (C=O) groups is 3. The number of aliphatic hydroxyl groups is 1. The van der Waals surface area contributed by atoms with E-state index in [1.165, 1.54) is 4.90 Å². The summed E-state index contributed by atoms with van der Waals surface area (Å²) in [5.41, 5.74) is 1.10. The molecule has 0 bridgehead atoms. The maximum Gasteiger partial charge on any atom is 0.408 e. The molecular formula is C27H45N3O5. The first-order valence-electron chi connectivity index (χ1n) is 12.5. The monoisotopic (exact) mass is 491 g/mol. The largest absolute Gasteiger partial charge is 0.444 e. The zero-order valence-corrected chi connectivity index (χ0v) is 22.9. The molecule has 0 aliphatic rings. The second kappa shape index (κ2) is 12.9. The minimum Gasteiger partial charge on any atom is -0.444 e. The Morgan fingerprint density at radius 3 is 2.20 bits per heavy atom. The second-order valence-electron chi connectivity index (χ2n) is 10.7. The number of nitrogens with one attached hydrogen (secondary N) is 2. The highest BCUT2D eigenvalue weighted by Gasteiger charge is 2.43. The molecule has 0 saturated carbocycles. The third kappa shape index (κ3) is 8.84. The summed E-state index contributed by atoms with van der Waals surface area (Å²) in [6.45, 7) is 16.6. The van der Waals surface area contributed by atoms with Crippen LogP contribution in [0.1, 0.15) is 90.5 Å². The zero-order valence-electron chi connectivity index (χ0n) is 22.9. The Morgan fingerprint density at radius 1 is 1.09 bits per heavy atom. The van der Waals surface area contributed by atoms with Crippen LogP contribution < -0.4 is 10.6 Å². The lowest BCUT2D eigenvalue weighted by Gasteiger charge is -2.44. The molecule has 0 aliphatic heterocycles. The van der Waals surface area contributed by atoms with E-state index in [1.54, 1.807) is 20.8 Å². The maximum atomic E-state index is 13.9. The van der Waals surface area contributed by atoms with Crippen LogP contribution in [0, 0.1) is 13.8 Å². The molecule has 0 aliphatic carbocycles. The topological polar surface area (TPSA) is 108 Å². The second-order valence-corrected chi connectivity index (χ2v) is 10.7. The highest BCUT2D eigenvalue weighted by Crippen LogP contribution is 2.34. The number of benzene rings is 1. The molecule has 1 aromatic rings. The fraction of sp³-hybridized carbons (Fsp3) is 0.667. The van der Waals surface area contributed by atoms with Crippen molar-refractivity contribution in [3.05, 3.63) is 34.9 Å². The van der Waals surface area contributed by atoms with Gasteiger partial charge in [0.2, 0.25) is 11.8 Å². The molecule has 0 aromatic heterocycles. The number of alkyl carbamates (subject to hydrolysis) is 1. The van der Waals surface area contributed by atoms with Crippen LogP contribution in [-0.4, -0.2) is 58.2 Å². The smallest absolute Gasteiger partial charge is 0.408 e. The van der Waals surface area contributed by atoms with Crippen LogP contribution >= 0.6 is 0 Å². The minimum absolute atomic E-state index is 0.297. The van der Waals surface area contributed by atoms with Crippen LogP contribution in [0.25, 0.3) is 0 Å². The predicted octanol–water partition coefficient (Wildman–Crippen LogP) is 4.16. The standard InChI is InChI=1S/C27H45N3O5/c1-10-12-15-28-23(32)22(20-14-13-18(3)16-19(20)4)30(27(8,9)11-2)24(33)21(17-31)29-25(34)35-26(5,6)7/h13-14,16,21-22,31H,10-12,15,17H2,1-9H3,(H,28,32)(H,29,34). The van der Waals surface area contributed by atoms with E-state index < -0.39 is 41.8 Å². The Bertz CT molecular complexity index is 876. The van der Waals surface area contributed by atoms with Crippen LogP contribution in [-0.2, 0) is 14.3 Å². The Labute approximate surface area is 210 Å². The number of aliphatic hydroxyl groups excluding tert-OH is 1. The fourth-order valence-corrected chi connectivity index (χ4v) is 3.76. The Balaban J connectivity index is 3.56. The molecule has 1 rings (SSSR count). The number of ether oxygens (including phenoxy) is 1. The molecule has 0 spiro atoms. The van der Waals surface area contributed by atoms with Gasteiger partial charge < -0.3 is 25.4 Å². The van der Waals surface area contributed by atoms with Gasteiger partial charge in [0.05, 0.1) is 6.61 Å². The normalized spacial score (nSPS) is 13.5. The number of carbonyl (C=O) groups excluding carboxylic acids is 3. The van der Waals surface area contributed by atoms with Gasteiger partial charge in [0.15, 0.2) is 0 Å². The number of hydrogen-bond acceptors (Lipinski definition) is 5. The molecule has 0 heterocycles.